The fraction of sp³-hybridized carbons (Fsp3) is 0.294. The molecule has 7 heteroatoms. The summed E-state index contributed by atoms with van der Waals surface area (Å²) in [6.45, 7) is 3.78. The topological polar surface area (TPSA) is 94.0 Å². The molecule has 0 aliphatic rings. The van der Waals surface area contributed by atoms with Crippen LogP contribution in [0.5, 0.6) is 0 Å². The summed E-state index contributed by atoms with van der Waals surface area (Å²) in [5.74, 6) is 1.49. The van der Waals surface area contributed by atoms with Crippen molar-refractivity contribution in [2.45, 2.75) is 33.1 Å². The number of hydrogen-bond donors (Lipinski definition) is 1. The van der Waals surface area contributed by atoms with E-state index >= 15 is 0 Å². The summed E-state index contributed by atoms with van der Waals surface area (Å²) in [5, 5.41) is 10.6. The van der Waals surface area contributed by atoms with Gasteiger partial charge in [0.25, 0.3) is 0 Å². The first-order valence-corrected chi connectivity index (χ1v) is 7.70. The monoisotopic (exact) mass is 326 g/mol. The molecule has 7 nitrogen and oxygen atoms in total. The minimum atomic E-state index is -0.181. The Morgan fingerprint density at radius 2 is 1.88 bits per heavy atom. The average molecular weight is 326 g/mol. The molecule has 3 aromatic rings. The number of aryl methyl sites for hydroxylation is 3. The van der Waals surface area contributed by atoms with Gasteiger partial charge in [-0.25, -0.2) is 0 Å². The van der Waals surface area contributed by atoms with Crippen molar-refractivity contribution in [3.8, 4) is 0 Å². The number of benzene rings is 1. The summed E-state index contributed by atoms with van der Waals surface area (Å²) in [5.41, 5.74) is 2.66. The van der Waals surface area contributed by atoms with Crippen LogP contribution >= 0.6 is 0 Å². The van der Waals surface area contributed by atoms with E-state index in [9.17, 15) is 4.79 Å². The third kappa shape index (κ3) is 3.87. The lowest BCUT2D eigenvalue weighted by atomic mass is 10.1. The summed E-state index contributed by atoms with van der Waals surface area (Å²) in [7, 11) is 0. The van der Waals surface area contributed by atoms with Gasteiger partial charge in [-0.2, -0.15) is 4.98 Å². The van der Waals surface area contributed by atoms with E-state index in [0.29, 0.717) is 24.6 Å². The molecule has 1 amide bonds. The summed E-state index contributed by atoms with van der Waals surface area (Å²) in [6, 6.07) is 9.25. The Labute approximate surface area is 139 Å². The predicted octanol–water partition coefficient (Wildman–Crippen LogP) is 2.64. The number of para-hydroxylation sites is 1. The van der Waals surface area contributed by atoms with Gasteiger partial charge in [0.1, 0.15) is 5.76 Å². The first-order chi connectivity index (χ1) is 11.6. The number of hydrogen-bond acceptors (Lipinski definition) is 6. The van der Waals surface area contributed by atoms with E-state index in [-0.39, 0.29) is 12.3 Å². The highest BCUT2D eigenvalue weighted by Gasteiger charge is 2.14. The molecule has 24 heavy (non-hydrogen) atoms. The largest absolute Gasteiger partial charge is 0.361 e. The first-order valence-electron chi connectivity index (χ1n) is 7.70. The van der Waals surface area contributed by atoms with E-state index in [1.165, 1.54) is 0 Å². The van der Waals surface area contributed by atoms with Crippen LogP contribution < -0.4 is 5.32 Å². The molecule has 0 saturated carbocycles. The molecule has 0 aliphatic heterocycles. The van der Waals surface area contributed by atoms with Crippen molar-refractivity contribution < 1.29 is 13.8 Å². The van der Waals surface area contributed by atoms with Crippen molar-refractivity contribution >= 4 is 11.6 Å². The molecule has 0 fully saturated rings. The van der Waals surface area contributed by atoms with Crippen LogP contribution in [0.15, 0.2) is 39.4 Å². The molecule has 0 unspecified atom stereocenters. The molecule has 1 aromatic carbocycles. The standard InChI is InChI=1S/C17H18N4O3/c1-11-14(12(2)23-20-11)8-9-17-19-15(21-24-17)10-16(22)18-13-6-4-3-5-7-13/h3-7H,8-10H2,1-2H3,(H,18,22). The molecule has 0 atom stereocenters. The Kier molecular flexibility index (Phi) is 4.69. The highest BCUT2D eigenvalue weighted by Crippen LogP contribution is 2.15. The lowest BCUT2D eigenvalue weighted by molar-refractivity contribution is -0.115. The number of aromatic nitrogens is 3. The quantitative estimate of drug-likeness (QED) is 0.748. The highest BCUT2D eigenvalue weighted by atomic mass is 16.5. The highest BCUT2D eigenvalue weighted by molar-refractivity contribution is 5.91. The lowest BCUT2D eigenvalue weighted by Gasteiger charge is -2.02. The third-order valence-electron chi connectivity index (χ3n) is 3.66. The molecule has 2 aromatic heterocycles. The summed E-state index contributed by atoms with van der Waals surface area (Å²) >= 11 is 0. The summed E-state index contributed by atoms with van der Waals surface area (Å²) < 4.78 is 10.3. The van der Waals surface area contributed by atoms with Crippen molar-refractivity contribution in [1.29, 1.82) is 0 Å². The minimum Gasteiger partial charge on any atom is -0.361 e. The fourth-order valence-electron chi connectivity index (χ4n) is 2.42. The van der Waals surface area contributed by atoms with Crippen molar-refractivity contribution in [3.05, 3.63) is 59.1 Å². The third-order valence-corrected chi connectivity index (χ3v) is 3.66. The van der Waals surface area contributed by atoms with Crippen LogP contribution in [0.2, 0.25) is 0 Å². The number of amides is 1. The second kappa shape index (κ2) is 7.08. The normalized spacial score (nSPS) is 10.8. The van der Waals surface area contributed by atoms with Gasteiger partial charge in [-0.05, 0) is 32.4 Å². The fourth-order valence-corrected chi connectivity index (χ4v) is 2.42. The van der Waals surface area contributed by atoms with Crippen molar-refractivity contribution in [2.75, 3.05) is 5.32 Å². The van der Waals surface area contributed by atoms with Crippen LogP contribution in [0.1, 0.15) is 28.7 Å². The van der Waals surface area contributed by atoms with Crippen LogP contribution in [0.3, 0.4) is 0 Å². The van der Waals surface area contributed by atoms with Gasteiger partial charge in [0.2, 0.25) is 11.8 Å². The predicted molar refractivity (Wildman–Crippen MR) is 86.5 cm³/mol. The molecule has 0 spiro atoms. The van der Waals surface area contributed by atoms with Crippen LogP contribution in [0.4, 0.5) is 5.69 Å². The van der Waals surface area contributed by atoms with Crippen molar-refractivity contribution in [1.82, 2.24) is 15.3 Å². The van der Waals surface area contributed by atoms with Gasteiger partial charge in [-0.1, -0.05) is 28.5 Å². The molecule has 0 radical (unpaired) electrons. The van der Waals surface area contributed by atoms with E-state index in [0.717, 1.165) is 22.7 Å². The molecule has 1 N–H and O–H groups in total. The average Bonchev–Trinajstić information content (AvgIpc) is 3.13. The SMILES string of the molecule is Cc1noc(C)c1CCc1nc(CC(=O)Nc2ccccc2)no1. The van der Waals surface area contributed by atoms with Crippen molar-refractivity contribution in [3.63, 3.8) is 0 Å². The molecule has 0 aliphatic carbocycles. The van der Waals surface area contributed by atoms with Gasteiger partial charge in [-0.15, -0.1) is 0 Å². The van der Waals surface area contributed by atoms with Crippen molar-refractivity contribution in [2.24, 2.45) is 0 Å². The van der Waals surface area contributed by atoms with Crippen LogP contribution in [0, 0.1) is 13.8 Å². The Bertz CT molecular complexity index is 804. The van der Waals surface area contributed by atoms with E-state index in [2.05, 4.69) is 20.6 Å². The second-order valence-corrected chi connectivity index (χ2v) is 5.50. The van der Waals surface area contributed by atoms with Gasteiger partial charge in [0.15, 0.2) is 5.82 Å². The van der Waals surface area contributed by atoms with Gasteiger partial charge in [0.05, 0.1) is 12.1 Å². The maximum Gasteiger partial charge on any atom is 0.232 e. The number of carbonyl (C=O) groups excluding carboxylic acids is 1. The van der Waals surface area contributed by atoms with Gasteiger partial charge < -0.3 is 14.4 Å². The number of nitrogens with zero attached hydrogens (tertiary/aromatic N) is 3. The minimum absolute atomic E-state index is 0.0731. The van der Waals surface area contributed by atoms with Crippen LogP contribution in [-0.2, 0) is 24.1 Å². The Balaban J connectivity index is 1.54. The Hall–Kier alpha value is -2.96. The number of rotatable bonds is 6. The molecule has 124 valence electrons. The molecule has 2 heterocycles. The second-order valence-electron chi connectivity index (χ2n) is 5.50. The van der Waals surface area contributed by atoms with Gasteiger partial charge >= 0.3 is 0 Å². The maximum atomic E-state index is 12.0. The number of nitrogens with one attached hydrogen (secondary N) is 1. The molecule has 3 rings (SSSR count). The maximum absolute atomic E-state index is 12.0. The lowest BCUT2D eigenvalue weighted by Crippen LogP contribution is -2.15. The molecular formula is C17H18N4O3. The zero-order valence-electron chi connectivity index (χ0n) is 13.6. The zero-order chi connectivity index (χ0) is 16.9. The Morgan fingerprint density at radius 1 is 1.08 bits per heavy atom. The summed E-state index contributed by atoms with van der Waals surface area (Å²) in [4.78, 5) is 16.2. The van der Waals surface area contributed by atoms with Gasteiger partial charge in [-0.3, -0.25) is 4.79 Å². The van der Waals surface area contributed by atoms with E-state index < -0.39 is 0 Å². The van der Waals surface area contributed by atoms with Crippen LogP contribution in [-0.4, -0.2) is 21.2 Å². The number of anilines is 1. The van der Waals surface area contributed by atoms with Gasteiger partial charge in [0, 0.05) is 17.7 Å². The molecule has 0 bridgehead atoms. The molecular weight excluding hydrogens is 308 g/mol. The first kappa shape index (κ1) is 15.9. The van der Waals surface area contributed by atoms with Crippen LogP contribution in [0.25, 0.3) is 0 Å². The summed E-state index contributed by atoms with van der Waals surface area (Å²) in [6.07, 6.45) is 1.36. The van der Waals surface area contributed by atoms with E-state index in [4.69, 9.17) is 9.05 Å². The zero-order valence-corrected chi connectivity index (χ0v) is 13.6. The Morgan fingerprint density at radius 3 is 2.58 bits per heavy atom. The van der Waals surface area contributed by atoms with E-state index in [1.54, 1.807) is 0 Å². The number of carbonyl (C=O) groups is 1. The smallest absolute Gasteiger partial charge is 0.232 e. The van der Waals surface area contributed by atoms with E-state index in [1.807, 2.05) is 44.2 Å². The molecule has 0 saturated heterocycles.